The summed E-state index contributed by atoms with van der Waals surface area (Å²) >= 11 is 0. The van der Waals surface area contributed by atoms with Crippen LogP contribution in [0.4, 0.5) is 0 Å². The lowest BCUT2D eigenvalue weighted by Crippen LogP contribution is -2.26. The van der Waals surface area contributed by atoms with Gasteiger partial charge in [0.15, 0.2) is 0 Å². The molecule has 0 spiro atoms. The van der Waals surface area contributed by atoms with Crippen molar-refractivity contribution in [3.63, 3.8) is 0 Å². The minimum absolute atomic E-state index is 0.0388. The van der Waals surface area contributed by atoms with Crippen molar-refractivity contribution in [1.29, 1.82) is 0 Å². The fourth-order valence-electron chi connectivity index (χ4n) is 1.81. The number of hydrogen-bond acceptors (Lipinski definition) is 4. The van der Waals surface area contributed by atoms with Gasteiger partial charge in [-0.25, -0.2) is 8.42 Å². The van der Waals surface area contributed by atoms with Crippen LogP contribution in [0.25, 0.3) is 0 Å². The van der Waals surface area contributed by atoms with Crippen LogP contribution in [0.15, 0.2) is 0 Å². The van der Waals surface area contributed by atoms with Gasteiger partial charge in [-0.1, -0.05) is 6.92 Å². The summed E-state index contributed by atoms with van der Waals surface area (Å²) in [6.07, 6.45) is 0.404. The lowest BCUT2D eigenvalue weighted by Gasteiger charge is -2.11. The van der Waals surface area contributed by atoms with E-state index in [4.69, 9.17) is 9.84 Å². The summed E-state index contributed by atoms with van der Waals surface area (Å²) in [5, 5.41) is 9.10. The molecule has 1 aliphatic carbocycles. The Morgan fingerprint density at radius 1 is 1.50 bits per heavy atom. The van der Waals surface area contributed by atoms with E-state index >= 15 is 0 Å². The molecule has 1 saturated carbocycles. The van der Waals surface area contributed by atoms with Gasteiger partial charge in [-0.05, 0) is 19.3 Å². The zero-order valence-corrected chi connectivity index (χ0v) is 10.4. The first kappa shape index (κ1) is 13.4. The predicted molar refractivity (Wildman–Crippen MR) is 59.0 cm³/mol. The Balaban J connectivity index is 2.64. The molecule has 1 aliphatic rings. The molecule has 2 unspecified atom stereocenters. The third-order valence-corrected chi connectivity index (χ3v) is 4.91. The molecule has 0 aromatic rings. The number of aliphatic carboxylic acids is 1. The Labute approximate surface area is 95.7 Å². The van der Waals surface area contributed by atoms with Crippen LogP contribution < -0.4 is 0 Å². The van der Waals surface area contributed by atoms with E-state index in [0.717, 1.165) is 0 Å². The maximum Gasteiger partial charge on any atom is 0.312 e. The molecule has 0 radical (unpaired) electrons. The van der Waals surface area contributed by atoms with Crippen molar-refractivity contribution in [2.75, 3.05) is 24.7 Å². The van der Waals surface area contributed by atoms with Gasteiger partial charge in [-0.2, -0.15) is 0 Å². The largest absolute Gasteiger partial charge is 0.481 e. The summed E-state index contributed by atoms with van der Waals surface area (Å²) in [6.45, 7) is 3.92. The smallest absolute Gasteiger partial charge is 0.312 e. The van der Waals surface area contributed by atoms with Crippen LogP contribution in [0, 0.1) is 11.3 Å². The summed E-state index contributed by atoms with van der Waals surface area (Å²) in [4.78, 5) is 11.1. The molecule has 0 aromatic carbocycles. The first-order valence-electron chi connectivity index (χ1n) is 5.39. The summed E-state index contributed by atoms with van der Waals surface area (Å²) in [5.41, 5.74) is -0.960. The Morgan fingerprint density at radius 2 is 2.12 bits per heavy atom. The molecule has 1 fully saturated rings. The molecule has 0 bridgehead atoms. The van der Waals surface area contributed by atoms with Crippen LogP contribution in [-0.2, 0) is 19.4 Å². The second kappa shape index (κ2) is 4.71. The van der Waals surface area contributed by atoms with E-state index in [1.54, 1.807) is 13.8 Å². The van der Waals surface area contributed by atoms with Gasteiger partial charge in [0, 0.05) is 12.4 Å². The number of carbonyl (C=O) groups is 1. The van der Waals surface area contributed by atoms with Gasteiger partial charge in [0.05, 0.1) is 17.8 Å². The average Bonchev–Trinajstić information content (AvgIpc) is 2.89. The van der Waals surface area contributed by atoms with E-state index in [2.05, 4.69) is 0 Å². The maximum absolute atomic E-state index is 11.4. The quantitative estimate of drug-likeness (QED) is 0.713. The molecule has 94 valence electrons. The molecule has 6 heteroatoms. The van der Waals surface area contributed by atoms with Crippen molar-refractivity contribution in [2.24, 2.45) is 11.3 Å². The molecule has 0 heterocycles. The Kier molecular flexibility index (Phi) is 3.96. The van der Waals surface area contributed by atoms with Gasteiger partial charge >= 0.3 is 5.97 Å². The number of carboxylic acids is 1. The summed E-state index contributed by atoms with van der Waals surface area (Å²) < 4.78 is 27.9. The zero-order chi connectivity index (χ0) is 12.4. The van der Waals surface area contributed by atoms with Crippen molar-refractivity contribution in [1.82, 2.24) is 0 Å². The van der Waals surface area contributed by atoms with Crippen molar-refractivity contribution in [3.05, 3.63) is 0 Å². The van der Waals surface area contributed by atoms with Crippen LogP contribution in [0.3, 0.4) is 0 Å². The van der Waals surface area contributed by atoms with Crippen LogP contribution >= 0.6 is 0 Å². The van der Waals surface area contributed by atoms with Gasteiger partial charge in [0.2, 0.25) is 0 Å². The molecular formula is C10H18O5S. The molecule has 16 heavy (non-hydrogen) atoms. The molecule has 0 saturated heterocycles. The topological polar surface area (TPSA) is 80.7 Å². The molecule has 2 atom stereocenters. The first-order valence-corrected chi connectivity index (χ1v) is 7.21. The highest BCUT2D eigenvalue weighted by Gasteiger charge is 2.61. The number of sulfone groups is 1. The molecular weight excluding hydrogens is 232 g/mol. The highest BCUT2D eigenvalue weighted by molar-refractivity contribution is 7.91. The SMILES string of the molecule is CCOCC1(C(=O)O)CC1CS(=O)(=O)CC. The van der Waals surface area contributed by atoms with Crippen molar-refractivity contribution >= 4 is 15.8 Å². The standard InChI is InChI=1S/C10H18O5S/c1-3-15-7-10(9(11)12)5-8(10)6-16(13,14)4-2/h8H,3-7H2,1-2H3,(H,11,12). The maximum atomic E-state index is 11.4. The summed E-state index contributed by atoms with van der Waals surface area (Å²) in [7, 11) is -3.10. The number of carboxylic acid groups (broad SMARTS) is 1. The highest BCUT2D eigenvalue weighted by atomic mass is 32.2. The molecule has 0 aliphatic heterocycles. The minimum atomic E-state index is -3.10. The summed E-state index contributed by atoms with van der Waals surface area (Å²) in [5.74, 6) is -1.21. The van der Waals surface area contributed by atoms with E-state index in [1.807, 2.05) is 0 Å². The van der Waals surface area contributed by atoms with E-state index in [-0.39, 0.29) is 24.0 Å². The van der Waals surface area contributed by atoms with E-state index in [0.29, 0.717) is 13.0 Å². The van der Waals surface area contributed by atoms with E-state index < -0.39 is 21.2 Å². The minimum Gasteiger partial charge on any atom is -0.481 e. The fraction of sp³-hybridized carbons (Fsp3) is 0.900. The third-order valence-electron chi connectivity index (χ3n) is 3.12. The second-order valence-electron chi connectivity index (χ2n) is 4.20. The average molecular weight is 250 g/mol. The molecule has 1 N–H and O–H groups in total. The number of hydrogen-bond donors (Lipinski definition) is 1. The van der Waals surface area contributed by atoms with Crippen molar-refractivity contribution < 1.29 is 23.1 Å². The van der Waals surface area contributed by atoms with E-state index in [9.17, 15) is 13.2 Å². The Morgan fingerprint density at radius 3 is 2.56 bits per heavy atom. The van der Waals surface area contributed by atoms with Crippen molar-refractivity contribution in [2.45, 2.75) is 20.3 Å². The van der Waals surface area contributed by atoms with Crippen molar-refractivity contribution in [3.8, 4) is 0 Å². The number of rotatable bonds is 7. The summed E-state index contributed by atoms with van der Waals surface area (Å²) in [6, 6.07) is 0. The molecule has 5 nitrogen and oxygen atoms in total. The normalized spacial score (nSPS) is 29.0. The Bertz CT molecular complexity index is 361. The van der Waals surface area contributed by atoms with Gasteiger partial charge in [0.25, 0.3) is 0 Å². The van der Waals surface area contributed by atoms with Crippen LogP contribution in [0.5, 0.6) is 0 Å². The van der Waals surface area contributed by atoms with Gasteiger partial charge < -0.3 is 9.84 Å². The third kappa shape index (κ3) is 2.74. The second-order valence-corrected chi connectivity index (χ2v) is 6.60. The number of ether oxygens (including phenoxy) is 1. The first-order chi connectivity index (χ1) is 7.38. The van der Waals surface area contributed by atoms with Crippen LogP contribution in [0.2, 0.25) is 0 Å². The molecule has 1 rings (SSSR count). The monoisotopic (exact) mass is 250 g/mol. The lowest BCUT2D eigenvalue weighted by molar-refractivity contribution is -0.146. The van der Waals surface area contributed by atoms with E-state index in [1.165, 1.54) is 0 Å². The fourth-order valence-corrected chi connectivity index (χ4v) is 3.09. The highest BCUT2D eigenvalue weighted by Crippen LogP contribution is 2.53. The molecule has 0 aromatic heterocycles. The van der Waals surface area contributed by atoms with Gasteiger partial charge in [-0.3, -0.25) is 4.79 Å². The molecule has 0 amide bonds. The zero-order valence-electron chi connectivity index (χ0n) is 9.60. The Hall–Kier alpha value is -0.620. The predicted octanol–water partition coefficient (Wildman–Crippen LogP) is 0.549. The van der Waals surface area contributed by atoms with Gasteiger partial charge in [-0.15, -0.1) is 0 Å². The van der Waals surface area contributed by atoms with Crippen LogP contribution in [-0.4, -0.2) is 44.2 Å². The lowest BCUT2D eigenvalue weighted by atomic mass is 10.1. The van der Waals surface area contributed by atoms with Gasteiger partial charge in [0.1, 0.15) is 9.84 Å². The van der Waals surface area contributed by atoms with Crippen LogP contribution in [0.1, 0.15) is 20.3 Å².